The Hall–Kier alpha value is -2.34. The number of nitrogens with zero attached hydrogens (tertiary/aromatic N) is 4. The van der Waals surface area contributed by atoms with E-state index in [2.05, 4.69) is 20.3 Å². The molecule has 0 aliphatic carbocycles. The zero-order chi connectivity index (χ0) is 20.9. The zero-order valence-electron chi connectivity index (χ0n) is 16.2. The van der Waals surface area contributed by atoms with E-state index in [4.69, 9.17) is 19.5 Å². The topological polar surface area (TPSA) is 150 Å². The van der Waals surface area contributed by atoms with E-state index in [-0.39, 0.29) is 12.4 Å². The van der Waals surface area contributed by atoms with Crippen LogP contribution in [0.4, 0.5) is 11.8 Å². The van der Waals surface area contributed by atoms with Crippen LogP contribution >= 0.6 is 7.82 Å². The molecule has 30 heavy (non-hydrogen) atoms. The molecule has 5 N–H and O–H groups in total. The third-order valence-corrected chi connectivity index (χ3v) is 6.64. The summed E-state index contributed by atoms with van der Waals surface area (Å²) in [6.07, 6.45) is -1.84. The van der Waals surface area contributed by atoms with Crippen LogP contribution in [0.25, 0.3) is 11.2 Å². The molecule has 2 aliphatic heterocycles. The number of nitrogens with one attached hydrogen (secondary N) is 1. The van der Waals surface area contributed by atoms with Crippen molar-refractivity contribution in [3.63, 3.8) is 0 Å². The van der Waals surface area contributed by atoms with Crippen LogP contribution in [0, 0.1) is 0 Å². The molecule has 13 heteroatoms. The fraction of sp³-hybridized carbons (Fsp3) is 0.353. The van der Waals surface area contributed by atoms with Crippen molar-refractivity contribution in [1.82, 2.24) is 19.5 Å². The van der Waals surface area contributed by atoms with Crippen molar-refractivity contribution in [2.75, 3.05) is 17.7 Å². The number of hydrogen-bond acceptors (Lipinski definition) is 10. The van der Waals surface area contributed by atoms with Gasteiger partial charge in [0.05, 0.1) is 0 Å². The first kappa shape index (κ1) is 19.6. The standard InChI is InChI=1S/C17H22BN6O5P/c18-30(26)27-7-10-13(29-30)12(25)16(28-10)24-15-11(14(19)21-8-22-15)23-17(24)20-6-9-4-2-1-3-5-9/h1-5,8,10,12-13,16,25-26,30H,6-7,18H2,(H,20,23)(H2,19,21,22)/t10-,12?,13-,16-/m1/s1. The van der Waals surface area contributed by atoms with E-state index in [1.807, 2.05) is 30.3 Å². The first-order valence-corrected chi connectivity index (χ1v) is 11.8. The molecule has 158 valence electrons. The summed E-state index contributed by atoms with van der Waals surface area (Å²) in [5.41, 5.74) is 7.87. The second kappa shape index (κ2) is 7.42. The maximum atomic E-state index is 11.0. The summed E-state index contributed by atoms with van der Waals surface area (Å²) in [4.78, 5) is 23.1. The predicted octanol–water partition coefficient (Wildman–Crippen LogP) is -0.270. The number of aromatic nitrogens is 4. The fourth-order valence-corrected chi connectivity index (χ4v) is 5.14. The van der Waals surface area contributed by atoms with Gasteiger partial charge in [0.25, 0.3) is 0 Å². The Morgan fingerprint density at radius 3 is 2.90 bits per heavy atom. The molecular weight excluding hydrogens is 410 g/mol. The number of fused-ring (bicyclic) bond motifs is 2. The van der Waals surface area contributed by atoms with E-state index >= 15 is 0 Å². The summed E-state index contributed by atoms with van der Waals surface area (Å²) in [5, 5.41) is 14.2. The fourth-order valence-electron chi connectivity index (χ4n) is 3.80. The second-order valence-electron chi connectivity index (χ2n) is 7.42. The van der Waals surface area contributed by atoms with Crippen molar-refractivity contribution in [3.05, 3.63) is 42.2 Å². The Morgan fingerprint density at radius 2 is 2.10 bits per heavy atom. The summed E-state index contributed by atoms with van der Waals surface area (Å²) in [5.74, 6) is 0.648. The number of hydrogen-bond donors (Lipinski definition) is 4. The quantitative estimate of drug-likeness (QED) is 0.321. The Morgan fingerprint density at radius 1 is 1.30 bits per heavy atom. The van der Waals surface area contributed by atoms with Crippen molar-refractivity contribution in [2.24, 2.45) is 0 Å². The monoisotopic (exact) mass is 432 g/mol. The van der Waals surface area contributed by atoms with Gasteiger partial charge in [0.15, 0.2) is 0 Å². The molecule has 5 rings (SSSR count). The SMILES string of the molecule is B[PH]1(O)OC[C@H]2O[C@@H](n3c(NCc4ccccc4)nc4c(N)ncnc43)C(O)[C@@H]2O1. The van der Waals surface area contributed by atoms with Gasteiger partial charge in [0, 0.05) is 0 Å². The van der Waals surface area contributed by atoms with E-state index in [0.29, 0.717) is 23.7 Å². The van der Waals surface area contributed by atoms with Gasteiger partial charge in [-0.25, -0.2) is 0 Å². The molecule has 1 unspecified atom stereocenters. The van der Waals surface area contributed by atoms with E-state index in [1.54, 1.807) is 4.57 Å². The number of benzene rings is 1. The molecule has 0 spiro atoms. The van der Waals surface area contributed by atoms with Crippen LogP contribution in [0.2, 0.25) is 0 Å². The molecule has 0 saturated carbocycles. The molecule has 2 saturated heterocycles. The molecular formula is C17H22BN6O5P. The third-order valence-electron chi connectivity index (χ3n) is 5.23. The van der Waals surface area contributed by atoms with Crippen molar-refractivity contribution in [2.45, 2.75) is 31.1 Å². The number of aliphatic hydroxyl groups is 1. The van der Waals surface area contributed by atoms with Gasteiger partial charge in [0.2, 0.25) is 0 Å². The van der Waals surface area contributed by atoms with Crippen molar-refractivity contribution >= 4 is 38.3 Å². The average molecular weight is 432 g/mol. The Balaban J connectivity index is 1.52. The van der Waals surface area contributed by atoms with Crippen LogP contribution in [0.3, 0.4) is 0 Å². The molecule has 3 aromatic rings. The number of imidazole rings is 1. The van der Waals surface area contributed by atoms with Gasteiger partial charge in [-0.2, -0.15) is 0 Å². The van der Waals surface area contributed by atoms with Gasteiger partial charge < -0.3 is 0 Å². The minimum absolute atomic E-state index is 0.133. The Bertz CT molecular complexity index is 1070. The van der Waals surface area contributed by atoms with Crippen LogP contribution in [0.5, 0.6) is 0 Å². The molecule has 4 heterocycles. The van der Waals surface area contributed by atoms with E-state index in [0.717, 1.165) is 5.56 Å². The van der Waals surface area contributed by atoms with Crippen molar-refractivity contribution in [3.8, 4) is 0 Å². The number of nitrogen functional groups attached to an aromatic ring is 1. The molecule has 1 aromatic carbocycles. The number of rotatable bonds is 4. The number of nitrogens with two attached hydrogens (primary N) is 1. The molecule has 2 aliphatic rings. The molecule has 0 bridgehead atoms. The van der Waals surface area contributed by atoms with Gasteiger partial charge >= 0.3 is 173 Å². The van der Waals surface area contributed by atoms with Crippen LogP contribution in [-0.4, -0.2) is 62.0 Å². The number of aliphatic hydroxyl groups excluding tert-OH is 1. The van der Waals surface area contributed by atoms with Crippen LogP contribution in [0.15, 0.2) is 36.7 Å². The van der Waals surface area contributed by atoms with E-state index < -0.39 is 32.4 Å². The maximum absolute atomic E-state index is 11.0. The summed E-state index contributed by atoms with van der Waals surface area (Å²) < 4.78 is 18.7. The van der Waals surface area contributed by atoms with Gasteiger partial charge in [0.1, 0.15) is 0 Å². The van der Waals surface area contributed by atoms with Gasteiger partial charge in [-0.15, -0.1) is 0 Å². The summed E-state index contributed by atoms with van der Waals surface area (Å²) in [6.45, 7) is 0.627. The number of anilines is 2. The van der Waals surface area contributed by atoms with Crippen molar-refractivity contribution in [1.29, 1.82) is 0 Å². The molecule has 11 nitrogen and oxygen atoms in total. The Kier molecular flexibility index (Phi) is 4.85. The predicted molar refractivity (Wildman–Crippen MR) is 113 cm³/mol. The third kappa shape index (κ3) is 3.41. The first-order valence-electron chi connectivity index (χ1n) is 9.57. The molecule has 0 radical (unpaired) electrons. The molecule has 0 amide bonds. The van der Waals surface area contributed by atoms with Crippen LogP contribution < -0.4 is 11.1 Å². The van der Waals surface area contributed by atoms with E-state index in [9.17, 15) is 10.00 Å². The van der Waals surface area contributed by atoms with Crippen LogP contribution in [0.1, 0.15) is 11.8 Å². The molecule has 2 aromatic heterocycles. The first-order chi connectivity index (χ1) is 14.4. The average Bonchev–Trinajstić information content (AvgIpc) is 3.25. The van der Waals surface area contributed by atoms with Gasteiger partial charge in [-0.1, -0.05) is 0 Å². The molecule has 4 atom stereocenters. The minimum atomic E-state index is -3.29. The van der Waals surface area contributed by atoms with Crippen LogP contribution in [-0.2, 0) is 20.3 Å². The van der Waals surface area contributed by atoms with Crippen molar-refractivity contribution < 1.29 is 23.8 Å². The summed E-state index contributed by atoms with van der Waals surface area (Å²) in [6, 6.07) is 9.82. The Labute approximate surface area is 173 Å². The van der Waals surface area contributed by atoms with Gasteiger partial charge in [-0.3, -0.25) is 0 Å². The number of ether oxygens (including phenoxy) is 1. The second-order valence-corrected chi connectivity index (χ2v) is 9.74. The zero-order valence-corrected chi connectivity index (χ0v) is 17.2. The normalized spacial score (nSPS) is 28.9. The summed E-state index contributed by atoms with van der Waals surface area (Å²) in [7, 11) is -1.78. The summed E-state index contributed by atoms with van der Waals surface area (Å²) >= 11 is 0. The van der Waals surface area contributed by atoms with Gasteiger partial charge in [-0.05, 0) is 0 Å². The molecule has 2 fully saturated rings. The van der Waals surface area contributed by atoms with E-state index in [1.165, 1.54) is 13.9 Å².